The first kappa shape index (κ1) is 19.6. The van der Waals surface area contributed by atoms with Crippen LogP contribution in [-0.4, -0.2) is 57.9 Å². The third-order valence-corrected chi connectivity index (χ3v) is 6.65. The van der Waals surface area contributed by atoms with E-state index in [0.717, 1.165) is 47.9 Å². The predicted molar refractivity (Wildman–Crippen MR) is 116 cm³/mol. The number of carbonyl (C=O) groups excluding carboxylic acids is 1. The molecule has 0 unspecified atom stereocenters. The average molecular weight is 449 g/mol. The summed E-state index contributed by atoms with van der Waals surface area (Å²) in [6, 6.07) is 18.3. The van der Waals surface area contributed by atoms with Gasteiger partial charge in [-0.2, -0.15) is 0 Å². The molecule has 0 spiro atoms. The number of morpholine rings is 1. The number of carbonyl (C=O) groups is 1. The molecule has 1 aliphatic heterocycles. The third-order valence-electron chi connectivity index (χ3n) is 4.61. The summed E-state index contributed by atoms with van der Waals surface area (Å²) in [6.45, 7) is 4.95. The second-order valence-electron chi connectivity index (χ2n) is 6.70. The fourth-order valence-electron chi connectivity index (χ4n) is 3.23. The zero-order valence-corrected chi connectivity index (χ0v) is 18.1. The summed E-state index contributed by atoms with van der Waals surface area (Å²) in [4.78, 5) is 23.1. The van der Waals surface area contributed by atoms with Gasteiger partial charge in [0.15, 0.2) is 0 Å². The molecule has 6 nitrogen and oxygen atoms in total. The van der Waals surface area contributed by atoms with Crippen molar-refractivity contribution in [3.63, 3.8) is 0 Å². The first-order valence-corrected chi connectivity index (χ1v) is 11.4. The van der Waals surface area contributed by atoms with E-state index in [1.807, 2.05) is 30.3 Å². The molecule has 2 heterocycles. The number of amides is 1. The monoisotopic (exact) mass is 449 g/mol. The van der Waals surface area contributed by atoms with Crippen LogP contribution in [0, 0.1) is 0 Å². The molecule has 3 aromatic rings. The van der Waals surface area contributed by atoms with Crippen molar-refractivity contribution < 1.29 is 9.53 Å². The van der Waals surface area contributed by atoms with E-state index in [-0.39, 0.29) is 21.7 Å². The minimum atomic E-state index is -0.322. The van der Waals surface area contributed by atoms with Gasteiger partial charge < -0.3 is 0 Å². The quantitative estimate of drug-likeness (QED) is 0.600. The van der Waals surface area contributed by atoms with E-state index in [9.17, 15) is 4.79 Å². The van der Waals surface area contributed by atoms with Crippen LogP contribution < -0.4 is 19.2 Å². The fraction of sp³-hybridized carbons (Fsp3) is 0.227. The molecule has 1 aromatic heterocycles. The molecule has 0 saturated carbocycles. The summed E-state index contributed by atoms with van der Waals surface area (Å²) in [6.07, 6.45) is 1.79. The molecule has 29 heavy (non-hydrogen) atoms. The van der Waals surface area contributed by atoms with Crippen molar-refractivity contribution >= 4 is 42.0 Å². The van der Waals surface area contributed by atoms with Gasteiger partial charge in [-0.25, -0.2) is 0 Å². The van der Waals surface area contributed by atoms with Crippen molar-refractivity contribution in [1.82, 2.24) is 9.97 Å². The van der Waals surface area contributed by atoms with E-state index in [0.29, 0.717) is 0 Å². The van der Waals surface area contributed by atoms with Gasteiger partial charge in [0.25, 0.3) is 0 Å². The predicted octanol–water partition coefficient (Wildman–Crippen LogP) is 1.59. The van der Waals surface area contributed by atoms with Gasteiger partial charge in [-0.3, -0.25) is 0 Å². The molecule has 0 atom stereocenters. The molecule has 2 aromatic carbocycles. The Bertz CT molecular complexity index is 988. The molecule has 1 fully saturated rings. The van der Waals surface area contributed by atoms with Gasteiger partial charge in [0.2, 0.25) is 0 Å². The summed E-state index contributed by atoms with van der Waals surface area (Å²) in [5, 5.41) is 2.87. The van der Waals surface area contributed by atoms with Crippen LogP contribution in [0.25, 0.3) is 11.3 Å². The Morgan fingerprint density at radius 1 is 1.07 bits per heavy atom. The van der Waals surface area contributed by atoms with Crippen molar-refractivity contribution in [3.8, 4) is 11.3 Å². The summed E-state index contributed by atoms with van der Waals surface area (Å²) < 4.78 is 7.52. The van der Waals surface area contributed by atoms with E-state index >= 15 is 0 Å². The van der Waals surface area contributed by atoms with E-state index < -0.39 is 0 Å². The molecule has 1 saturated heterocycles. The fourth-order valence-corrected chi connectivity index (χ4v) is 4.93. The summed E-state index contributed by atoms with van der Waals surface area (Å²) in [7, 11) is 0. The summed E-state index contributed by atoms with van der Waals surface area (Å²) >= 11 is -0.322. The van der Waals surface area contributed by atoms with Crippen LogP contribution in [0.2, 0.25) is 0 Å². The number of nitrogens with zero attached hydrogens (tertiary/aromatic N) is 3. The van der Waals surface area contributed by atoms with E-state index in [1.165, 1.54) is 17.0 Å². The maximum atomic E-state index is 11.5. The topological polar surface area (TPSA) is 67.4 Å². The van der Waals surface area contributed by atoms with Crippen LogP contribution in [0.1, 0.15) is 6.92 Å². The number of benzene rings is 2. The van der Waals surface area contributed by atoms with E-state index in [1.54, 1.807) is 6.20 Å². The van der Waals surface area contributed by atoms with Gasteiger partial charge in [0, 0.05) is 0 Å². The van der Waals surface area contributed by atoms with E-state index in [2.05, 4.69) is 39.5 Å². The van der Waals surface area contributed by atoms with Gasteiger partial charge in [-0.15, -0.1) is 0 Å². The Morgan fingerprint density at radius 2 is 1.83 bits per heavy atom. The molecule has 1 amide bonds. The maximum absolute atomic E-state index is 11.5. The molecule has 1 N–H and O–H groups in total. The molecule has 7 heteroatoms. The van der Waals surface area contributed by atoms with Crippen LogP contribution in [0.3, 0.4) is 0 Å². The van der Waals surface area contributed by atoms with Crippen LogP contribution in [0.15, 0.2) is 60.8 Å². The molecular formula is C22H22AsN4O2. The molecule has 147 valence electrons. The van der Waals surface area contributed by atoms with Gasteiger partial charge >= 0.3 is 177 Å². The van der Waals surface area contributed by atoms with Gasteiger partial charge in [0.05, 0.1) is 0 Å². The van der Waals surface area contributed by atoms with E-state index in [4.69, 9.17) is 9.72 Å². The first-order valence-electron chi connectivity index (χ1n) is 9.53. The van der Waals surface area contributed by atoms with Crippen molar-refractivity contribution in [2.24, 2.45) is 0 Å². The number of hydrogen-bond donors (Lipinski definition) is 1. The number of hydrogen-bond acceptors (Lipinski definition) is 5. The zero-order chi connectivity index (χ0) is 20.1. The van der Waals surface area contributed by atoms with Crippen LogP contribution >= 0.6 is 0 Å². The van der Waals surface area contributed by atoms with Crippen LogP contribution in [0.5, 0.6) is 0 Å². The van der Waals surface area contributed by atoms with Gasteiger partial charge in [0.1, 0.15) is 0 Å². The van der Waals surface area contributed by atoms with Crippen molar-refractivity contribution in [2.45, 2.75) is 6.92 Å². The summed E-state index contributed by atoms with van der Waals surface area (Å²) in [5.41, 5.74) is 3.71. The third kappa shape index (κ3) is 5.03. The summed E-state index contributed by atoms with van der Waals surface area (Å²) in [5.74, 6) is -0.0987. The molecule has 0 aliphatic carbocycles. The van der Waals surface area contributed by atoms with Crippen molar-refractivity contribution in [1.29, 1.82) is 0 Å². The number of aromatic nitrogens is 2. The van der Waals surface area contributed by atoms with Crippen LogP contribution in [0.4, 0.5) is 11.4 Å². The molecule has 1 radical (unpaired) electrons. The molecule has 0 bridgehead atoms. The number of ether oxygens (including phenoxy) is 1. The standard InChI is InChI=1S/C22H22AsN4O2/c1-16(28)25-20-5-3-2-4-19(20)21-10-11-24-22(26-21)23-17-6-8-18(9-7-17)27-12-14-29-15-13-27/h2-11H,12-15H2,1H3,(H,25,28). The second kappa shape index (κ2) is 9.20. The molecule has 4 rings (SSSR count). The van der Waals surface area contributed by atoms with Gasteiger partial charge in [-0.05, 0) is 0 Å². The zero-order valence-electron chi connectivity index (χ0n) is 16.2. The Hall–Kier alpha value is -2.69. The van der Waals surface area contributed by atoms with Gasteiger partial charge in [-0.1, -0.05) is 0 Å². The average Bonchev–Trinajstić information content (AvgIpc) is 2.75. The number of rotatable bonds is 5. The molecule has 1 aliphatic rings. The van der Waals surface area contributed by atoms with Crippen LogP contribution in [-0.2, 0) is 9.53 Å². The van der Waals surface area contributed by atoms with Crippen molar-refractivity contribution in [3.05, 3.63) is 60.8 Å². The van der Waals surface area contributed by atoms with Crippen molar-refractivity contribution in [2.75, 3.05) is 36.5 Å². The number of nitrogens with one attached hydrogen (secondary N) is 1. The number of anilines is 2. The SMILES string of the molecule is CC(=O)Nc1ccccc1-c1ccnc([As]c2ccc(N3CCOCC3)cc2)n1. The normalized spacial score (nSPS) is 14.3. The Kier molecular flexibility index (Phi) is 6.23. The molecular weight excluding hydrogens is 427 g/mol. The number of para-hydroxylation sites is 1. The Morgan fingerprint density at radius 3 is 2.59 bits per heavy atom. The Labute approximate surface area is 177 Å². The minimum absolute atomic E-state index is 0.0987. The Balaban J connectivity index is 1.52. The first-order chi connectivity index (χ1) is 14.2. The second-order valence-corrected chi connectivity index (χ2v) is 9.09.